The molecule has 1 N–H and O–H groups in total. The molecule has 18 heavy (non-hydrogen) atoms. The first-order chi connectivity index (χ1) is 8.69. The molecule has 0 spiro atoms. The molecule has 0 bridgehead atoms. The number of hydrogen-bond donors (Lipinski definition) is 1. The Morgan fingerprint density at radius 3 is 2.67 bits per heavy atom. The van der Waals surface area contributed by atoms with E-state index in [1.165, 1.54) is 0 Å². The predicted molar refractivity (Wildman–Crippen MR) is 66.9 cm³/mol. The van der Waals surface area contributed by atoms with Gasteiger partial charge in [-0.25, -0.2) is 0 Å². The van der Waals surface area contributed by atoms with Gasteiger partial charge in [-0.15, -0.1) is 0 Å². The van der Waals surface area contributed by atoms with Gasteiger partial charge in [-0.05, 0) is 31.2 Å². The number of aliphatic hydroxyl groups is 1. The average Bonchev–Trinajstić information content (AvgIpc) is 2.83. The Labute approximate surface area is 106 Å². The summed E-state index contributed by atoms with van der Waals surface area (Å²) in [4.78, 5) is 0. The Kier molecular flexibility index (Phi) is 3.89. The van der Waals surface area contributed by atoms with Crippen LogP contribution < -0.4 is 9.47 Å². The highest BCUT2D eigenvalue weighted by atomic mass is 16.5. The molecule has 4 nitrogen and oxygen atoms in total. The molecule has 2 rings (SSSR count). The van der Waals surface area contributed by atoms with Crippen LogP contribution in [-0.2, 0) is 0 Å². The molecule has 0 aliphatic heterocycles. The Bertz CT molecular complexity index is 504. The van der Waals surface area contributed by atoms with Gasteiger partial charge < -0.3 is 19.0 Å². The molecule has 0 radical (unpaired) electrons. The molecule has 0 amide bonds. The molecule has 0 saturated carbocycles. The van der Waals surface area contributed by atoms with E-state index in [2.05, 4.69) is 0 Å². The number of rotatable bonds is 5. The third kappa shape index (κ3) is 3.05. The molecule has 1 atom stereocenters. The van der Waals surface area contributed by atoms with Gasteiger partial charge in [0.2, 0.25) is 0 Å². The third-order valence-corrected chi connectivity index (χ3v) is 2.54. The van der Waals surface area contributed by atoms with Crippen LogP contribution in [0.2, 0.25) is 0 Å². The fourth-order valence-electron chi connectivity index (χ4n) is 1.58. The summed E-state index contributed by atoms with van der Waals surface area (Å²) in [5, 5.41) is 9.87. The topological polar surface area (TPSA) is 51.8 Å². The van der Waals surface area contributed by atoms with E-state index in [9.17, 15) is 5.11 Å². The maximum absolute atomic E-state index is 9.87. The highest BCUT2D eigenvalue weighted by Gasteiger charge is 2.12. The molecule has 96 valence electrons. The number of ether oxygens (including phenoxy) is 2. The van der Waals surface area contributed by atoms with Gasteiger partial charge in [-0.3, -0.25) is 0 Å². The summed E-state index contributed by atoms with van der Waals surface area (Å²) in [5.74, 6) is 2.65. The van der Waals surface area contributed by atoms with E-state index >= 15 is 0 Å². The standard InChI is InChI=1S/C14H16O4/c1-10-6-7-14(18-10)13(15)9-17-12-5-3-4-11(8-12)16-2/h3-8,13,15H,9H2,1-2H3. The minimum absolute atomic E-state index is 0.139. The van der Waals surface area contributed by atoms with E-state index < -0.39 is 6.10 Å². The summed E-state index contributed by atoms with van der Waals surface area (Å²) in [6.07, 6.45) is -0.773. The largest absolute Gasteiger partial charge is 0.497 e. The molecule has 1 aromatic carbocycles. The second-order valence-electron chi connectivity index (χ2n) is 3.95. The molecule has 1 aromatic heterocycles. The molecule has 1 heterocycles. The minimum Gasteiger partial charge on any atom is -0.497 e. The smallest absolute Gasteiger partial charge is 0.145 e. The molecule has 0 aliphatic carbocycles. The Morgan fingerprint density at radius 2 is 2.00 bits per heavy atom. The monoisotopic (exact) mass is 248 g/mol. The zero-order chi connectivity index (χ0) is 13.0. The Hall–Kier alpha value is -1.94. The van der Waals surface area contributed by atoms with Crippen molar-refractivity contribution in [2.24, 2.45) is 0 Å². The molecular formula is C14H16O4. The number of benzene rings is 1. The van der Waals surface area contributed by atoms with E-state index in [1.807, 2.05) is 31.2 Å². The highest BCUT2D eigenvalue weighted by molar-refractivity contribution is 5.32. The van der Waals surface area contributed by atoms with Crippen LogP contribution >= 0.6 is 0 Å². The van der Waals surface area contributed by atoms with E-state index in [-0.39, 0.29) is 6.61 Å². The predicted octanol–water partition coefficient (Wildman–Crippen LogP) is 2.71. The summed E-state index contributed by atoms with van der Waals surface area (Å²) in [5.41, 5.74) is 0. The second-order valence-corrected chi connectivity index (χ2v) is 3.95. The SMILES string of the molecule is COc1cccc(OCC(O)c2ccc(C)o2)c1. The van der Waals surface area contributed by atoms with E-state index in [0.717, 1.165) is 11.5 Å². The van der Waals surface area contributed by atoms with Gasteiger partial charge in [0.25, 0.3) is 0 Å². The Morgan fingerprint density at radius 1 is 1.22 bits per heavy atom. The molecule has 4 heteroatoms. The molecule has 1 unspecified atom stereocenters. The summed E-state index contributed by atoms with van der Waals surface area (Å²) in [7, 11) is 1.60. The van der Waals surface area contributed by atoms with Gasteiger partial charge in [-0.2, -0.15) is 0 Å². The van der Waals surface area contributed by atoms with Crippen molar-refractivity contribution in [3.63, 3.8) is 0 Å². The van der Waals surface area contributed by atoms with Crippen molar-refractivity contribution in [1.29, 1.82) is 0 Å². The fraction of sp³-hybridized carbons (Fsp3) is 0.286. The fourth-order valence-corrected chi connectivity index (χ4v) is 1.58. The lowest BCUT2D eigenvalue weighted by Crippen LogP contribution is -2.08. The molecular weight excluding hydrogens is 232 g/mol. The van der Waals surface area contributed by atoms with Crippen LogP contribution in [0, 0.1) is 6.92 Å². The summed E-state index contributed by atoms with van der Waals surface area (Å²) >= 11 is 0. The van der Waals surface area contributed by atoms with E-state index in [4.69, 9.17) is 13.9 Å². The van der Waals surface area contributed by atoms with Gasteiger partial charge in [0.15, 0.2) is 0 Å². The first-order valence-corrected chi connectivity index (χ1v) is 5.70. The first-order valence-electron chi connectivity index (χ1n) is 5.70. The number of methoxy groups -OCH3 is 1. The Balaban J connectivity index is 1.94. The normalized spacial score (nSPS) is 12.2. The van der Waals surface area contributed by atoms with E-state index in [0.29, 0.717) is 11.5 Å². The van der Waals surface area contributed by atoms with Crippen molar-refractivity contribution >= 4 is 0 Å². The van der Waals surface area contributed by atoms with Crippen molar-refractivity contribution in [2.45, 2.75) is 13.0 Å². The van der Waals surface area contributed by atoms with Crippen molar-refractivity contribution in [3.05, 3.63) is 47.9 Å². The van der Waals surface area contributed by atoms with Crippen molar-refractivity contribution in [1.82, 2.24) is 0 Å². The molecule has 0 saturated heterocycles. The van der Waals surface area contributed by atoms with Crippen LogP contribution in [0.5, 0.6) is 11.5 Å². The molecule has 0 fully saturated rings. The summed E-state index contributed by atoms with van der Waals surface area (Å²) in [6, 6.07) is 10.8. The number of aliphatic hydroxyl groups excluding tert-OH is 1. The van der Waals surface area contributed by atoms with Crippen LogP contribution in [0.25, 0.3) is 0 Å². The zero-order valence-corrected chi connectivity index (χ0v) is 10.4. The van der Waals surface area contributed by atoms with E-state index in [1.54, 1.807) is 19.2 Å². The van der Waals surface area contributed by atoms with Gasteiger partial charge in [0.05, 0.1) is 7.11 Å². The van der Waals surface area contributed by atoms with Crippen LogP contribution in [0.1, 0.15) is 17.6 Å². The lowest BCUT2D eigenvalue weighted by molar-refractivity contribution is 0.0879. The molecule has 2 aromatic rings. The highest BCUT2D eigenvalue weighted by Crippen LogP contribution is 2.21. The van der Waals surface area contributed by atoms with Gasteiger partial charge in [0.1, 0.15) is 35.7 Å². The maximum atomic E-state index is 9.87. The number of furan rings is 1. The summed E-state index contributed by atoms with van der Waals surface area (Å²) < 4.78 is 15.9. The van der Waals surface area contributed by atoms with Gasteiger partial charge in [-0.1, -0.05) is 6.07 Å². The van der Waals surface area contributed by atoms with Crippen molar-refractivity contribution < 1.29 is 19.0 Å². The van der Waals surface area contributed by atoms with Crippen LogP contribution in [-0.4, -0.2) is 18.8 Å². The quantitative estimate of drug-likeness (QED) is 0.883. The number of hydrogen-bond acceptors (Lipinski definition) is 4. The maximum Gasteiger partial charge on any atom is 0.145 e. The third-order valence-electron chi connectivity index (χ3n) is 2.54. The lowest BCUT2D eigenvalue weighted by Gasteiger charge is -2.11. The summed E-state index contributed by atoms with van der Waals surface area (Å²) in [6.45, 7) is 1.97. The van der Waals surface area contributed by atoms with Crippen LogP contribution in [0.15, 0.2) is 40.8 Å². The second kappa shape index (κ2) is 5.60. The van der Waals surface area contributed by atoms with Crippen LogP contribution in [0.3, 0.4) is 0 Å². The molecule has 0 aliphatic rings. The van der Waals surface area contributed by atoms with Crippen molar-refractivity contribution in [3.8, 4) is 11.5 Å². The van der Waals surface area contributed by atoms with Crippen LogP contribution in [0.4, 0.5) is 0 Å². The average molecular weight is 248 g/mol. The first kappa shape index (κ1) is 12.5. The van der Waals surface area contributed by atoms with Gasteiger partial charge >= 0.3 is 0 Å². The lowest BCUT2D eigenvalue weighted by atomic mass is 10.3. The minimum atomic E-state index is -0.773. The van der Waals surface area contributed by atoms with Gasteiger partial charge in [0, 0.05) is 6.07 Å². The zero-order valence-electron chi connectivity index (χ0n) is 10.4. The number of aryl methyl sites for hydroxylation is 1. The van der Waals surface area contributed by atoms with Crippen molar-refractivity contribution in [2.75, 3.05) is 13.7 Å².